The molecule has 9 heteroatoms. The van der Waals surface area contributed by atoms with Gasteiger partial charge in [0.15, 0.2) is 11.0 Å². The van der Waals surface area contributed by atoms with E-state index in [4.69, 9.17) is 16.3 Å². The van der Waals surface area contributed by atoms with E-state index >= 15 is 0 Å². The fourth-order valence-electron chi connectivity index (χ4n) is 2.68. The van der Waals surface area contributed by atoms with Crippen LogP contribution < -0.4 is 5.32 Å². The lowest BCUT2D eigenvalue weighted by atomic mass is 10.1. The summed E-state index contributed by atoms with van der Waals surface area (Å²) in [6.45, 7) is 3.06. The number of thioether (sulfide) groups is 1. The summed E-state index contributed by atoms with van der Waals surface area (Å²) >= 11 is 7.21. The minimum absolute atomic E-state index is 0.104. The van der Waals surface area contributed by atoms with E-state index in [1.54, 1.807) is 7.11 Å². The van der Waals surface area contributed by atoms with Gasteiger partial charge in [0.2, 0.25) is 5.91 Å². The van der Waals surface area contributed by atoms with Gasteiger partial charge in [-0.15, -0.1) is 10.2 Å². The fraction of sp³-hybridized carbons (Fsp3) is 0.250. The van der Waals surface area contributed by atoms with E-state index in [0.29, 0.717) is 24.0 Å². The van der Waals surface area contributed by atoms with Gasteiger partial charge in [-0.1, -0.05) is 47.1 Å². The van der Waals surface area contributed by atoms with Crippen LogP contribution >= 0.6 is 23.4 Å². The maximum Gasteiger partial charge on any atom is 0.234 e. The molecule has 29 heavy (non-hydrogen) atoms. The monoisotopic (exact) mass is 434 g/mol. The molecule has 1 aromatic heterocycles. The number of benzene rings is 2. The van der Waals surface area contributed by atoms with Gasteiger partial charge in [0.05, 0.1) is 29.6 Å². The van der Waals surface area contributed by atoms with Gasteiger partial charge in [0.25, 0.3) is 0 Å². The molecule has 0 radical (unpaired) electrons. The molecule has 2 aromatic carbocycles. The highest BCUT2D eigenvalue weighted by Gasteiger charge is 2.16. The van der Waals surface area contributed by atoms with Crippen molar-refractivity contribution in [3.63, 3.8) is 0 Å². The molecule has 1 heterocycles. The third kappa shape index (κ3) is 5.56. The van der Waals surface area contributed by atoms with Crippen molar-refractivity contribution in [2.45, 2.75) is 18.6 Å². The van der Waals surface area contributed by atoms with Crippen molar-refractivity contribution in [1.82, 2.24) is 14.8 Å². The van der Waals surface area contributed by atoms with Crippen molar-refractivity contribution in [2.24, 2.45) is 0 Å². The average molecular weight is 435 g/mol. The molecule has 0 aliphatic heterocycles. The second kappa shape index (κ2) is 9.87. The Balaban J connectivity index is 1.73. The van der Waals surface area contributed by atoms with Gasteiger partial charge in [0, 0.05) is 12.7 Å². The number of hydrogen-bond acceptors (Lipinski definition) is 5. The Hall–Kier alpha value is -2.42. The number of aryl methyl sites for hydroxylation is 1. The number of carbonyl (C=O) groups excluding carboxylic acids is 1. The first-order valence-corrected chi connectivity index (χ1v) is 10.2. The molecule has 1 N–H and O–H groups in total. The topological polar surface area (TPSA) is 69.0 Å². The number of rotatable bonds is 8. The molecule has 0 atom stereocenters. The number of nitrogens with zero attached hydrogens (tertiary/aromatic N) is 3. The second-order valence-electron chi connectivity index (χ2n) is 6.28. The van der Waals surface area contributed by atoms with Crippen LogP contribution in [0.25, 0.3) is 11.4 Å². The van der Waals surface area contributed by atoms with Crippen molar-refractivity contribution < 1.29 is 13.9 Å². The zero-order valence-corrected chi connectivity index (χ0v) is 17.6. The summed E-state index contributed by atoms with van der Waals surface area (Å²) in [5, 5.41) is 12.0. The van der Waals surface area contributed by atoms with Gasteiger partial charge in [-0.3, -0.25) is 9.36 Å². The third-order valence-electron chi connectivity index (χ3n) is 4.05. The largest absolute Gasteiger partial charge is 0.383 e. The van der Waals surface area contributed by atoms with E-state index in [9.17, 15) is 9.18 Å². The van der Waals surface area contributed by atoms with Gasteiger partial charge in [-0.05, 0) is 31.2 Å². The summed E-state index contributed by atoms with van der Waals surface area (Å²) in [6.07, 6.45) is 0. The average Bonchev–Trinajstić information content (AvgIpc) is 3.09. The lowest BCUT2D eigenvalue weighted by Crippen LogP contribution is -2.15. The van der Waals surface area contributed by atoms with Crippen molar-refractivity contribution in [3.8, 4) is 11.4 Å². The van der Waals surface area contributed by atoms with Crippen molar-refractivity contribution in [3.05, 3.63) is 58.9 Å². The smallest absolute Gasteiger partial charge is 0.234 e. The van der Waals surface area contributed by atoms with Crippen LogP contribution in [-0.2, 0) is 16.1 Å². The fourth-order valence-corrected chi connectivity index (χ4v) is 3.66. The minimum atomic E-state index is -0.461. The quantitative estimate of drug-likeness (QED) is 0.531. The van der Waals surface area contributed by atoms with Crippen molar-refractivity contribution in [1.29, 1.82) is 0 Å². The van der Waals surface area contributed by atoms with E-state index in [1.807, 2.05) is 35.8 Å². The SMILES string of the molecule is COCCn1c(SCC(=O)Nc2ccc(F)cc2Cl)nnc1-c1cccc(C)c1. The Kier molecular flexibility index (Phi) is 7.24. The van der Waals surface area contributed by atoms with Crippen LogP contribution in [0, 0.1) is 12.7 Å². The van der Waals surface area contributed by atoms with E-state index in [0.717, 1.165) is 23.0 Å². The molecule has 6 nitrogen and oxygen atoms in total. The predicted octanol–water partition coefficient (Wildman–Crippen LogP) is 4.42. The number of nitrogens with one attached hydrogen (secondary N) is 1. The molecule has 0 bridgehead atoms. The number of ether oxygens (including phenoxy) is 1. The van der Waals surface area contributed by atoms with Gasteiger partial charge in [0.1, 0.15) is 5.82 Å². The van der Waals surface area contributed by atoms with Crippen LogP contribution in [0.1, 0.15) is 5.56 Å². The Morgan fingerprint density at radius 2 is 2.10 bits per heavy atom. The van der Waals surface area contributed by atoms with Gasteiger partial charge in [-0.25, -0.2) is 4.39 Å². The molecule has 3 aromatic rings. The first-order valence-electron chi connectivity index (χ1n) is 8.85. The lowest BCUT2D eigenvalue weighted by Gasteiger charge is -2.10. The van der Waals surface area contributed by atoms with Crippen LogP contribution in [0.5, 0.6) is 0 Å². The maximum atomic E-state index is 13.1. The predicted molar refractivity (Wildman–Crippen MR) is 113 cm³/mol. The molecule has 0 aliphatic carbocycles. The van der Waals surface area contributed by atoms with E-state index in [-0.39, 0.29) is 16.7 Å². The standard InChI is InChI=1S/C20H20ClFN4O2S/c1-13-4-3-5-14(10-13)19-24-25-20(26(19)8-9-28-2)29-12-18(27)23-17-7-6-15(22)11-16(17)21/h3-7,10-11H,8-9,12H2,1-2H3,(H,23,27). The van der Waals surface area contributed by atoms with E-state index < -0.39 is 5.82 Å². The second-order valence-corrected chi connectivity index (χ2v) is 7.63. The zero-order valence-electron chi connectivity index (χ0n) is 16.0. The van der Waals surface area contributed by atoms with Crippen LogP contribution in [0.15, 0.2) is 47.6 Å². The van der Waals surface area contributed by atoms with Crippen LogP contribution in [-0.4, -0.2) is 40.1 Å². The van der Waals surface area contributed by atoms with E-state index in [2.05, 4.69) is 15.5 Å². The molecule has 0 unspecified atom stereocenters. The van der Waals surface area contributed by atoms with Crippen LogP contribution in [0.3, 0.4) is 0 Å². The van der Waals surface area contributed by atoms with Crippen LogP contribution in [0.4, 0.5) is 10.1 Å². The summed E-state index contributed by atoms with van der Waals surface area (Å²) in [7, 11) is 1.63. The number of anilines is 1. The molecule has 152 valence electrons. The molecular formula is C20H20ClFN4O2S. The summed E-state index contributed by atoms with van der Waals surface area (Å²) in [5.74, 6) is 0.0848. The number of hydrogen-bond donors (Lipinski definition) is 1. The number of amides is 1. The number of halogens is 2. The highest BCUT2D eigenvalue weighted by molar-refractivity contribution is 7.99. The van der Waals surface area contributed by atoms with Gasteiger partial charge >= 0.3 is 0 Å². The Morgan fingerprint density at radius 3 is 2.83 bits per heavy atom. The van der Waals surface area contributed by atoms with Crippen molar-refractivity contribution >= 4 is 35.0 Å². The molecule has 3 rings (SSSR count). The molecule has 0 fully saturated rings. The molecule has 0 aliphatic rings. The minimum Gasteiger partial charge on any atom is -0.383 e. The molecular weight excluding hydrogens is 415 g/mol. The molecule has 1 amide bonds. The van der Waals surface area contributed by atoms with Crippen molar-refractivity contribution in [2.75, 3.05) is 24.8 Å². The molecule has 0 saturated heterocycles. The normalized spacial score (nSPS) is 10.9. The lowest BCUT2D eigenvalue weighted by molar-refractivity contribution is -0.113. The highest BCUT2D eigenvalue weighted by Crippen LogP contribution is 2.26. The first kappa shape index (κ1) is 21.3. The zero-order chi connectivity index (χ0) is 20.8. The summed E-state index contributed by atoms with van der Waals surface area (Å²) < 4.78 is 20.3. The Morgan fingerprint density at radius 1 is 1.28 bits per heavy atom. The first-order chi connectivity index (χ1) is 14.0. The Labute approximate surface area is 177 Å². The molecule has 0 saturated carbocycles. The van der Waals surface area contributed by atoms with Crippen LogP contribution in [0.2, 0.25) is 5.02 Å². The summed E-state index contributed by atoms with van der Waals surface area (Å²) in [6, 6.07) is 11.8. The maximum absolute atomic E-state index is 13.1. The summed E-state index contributed by atoms with van der Waals surface area (Å²) in [5.41, 5.74) is 2.43. The number of carbonyl (C=O) groups is 1. The van der Waals surface area contributed by atoms with Gasteiger partial charge in [-0.2, -0.15) is 0 Å². The molecule has 0 spiro atoms. The summed E-state index contributed by atoms with van der Waals surface area (Å²) in [4.78, 5) is 12.3. The number of methoxy groups -OCH3 is 1. The number of aromatic nitrogens is 3. The highest BCUT2D eigenvalue weighted by atomic mass is 35.5. The Bertz CT molecular complexity index is 1010. The third-order valence-corrected chi connectivity index (χ3v) is 5.33. The van der Waals surface area contributed by atoms with E-state index in [1.165, 1.54) is 23.9 Å². The van der Waals surface area contributed by atoms with Gasteiger partial charge < -0.3 is 10.1 Å².